The van der Waals surface area contributed by atoms with Crippen molar-refractivity contribution in [1.82, 2.24) is 0 Å². The van der Waals surface area contributed by atoms with E-state index in [1.165, 1.54) is 0 Å². The van der Waals surface area contributed by atoms with Gasteiger partial charge in [0.15, 0.2) is 0 Å². The molecule has 1 aliphatic rings. The second-order valence-electron chi connectivity index (χ2n) is 3.81. The molecule has 0 spiro atoms. The van der Waals surface area contributed by atoms with Crippen molar-refractivity contribution in [2.45, 2.75) is 19.6 Å². The van der Waals surface area contributed by atoms with E-state index in [-0.39, 0.29) is 5.76 Å². The Morgan fingerprint density at radius 2 is 1.80 bits per heavy atom. The summed E-state index contributed by atoms with van der Waals surface area (Å²) in [6.07, 6.45) is 1.68. The monoisotopic (exact) mass is 204 g/mol. The van der Waals surface area contributed by atoms with E-state index in [1.807, 2.05) is 30.3 Å². The van der Waals surface area contributed by atoms with Gasteiger partial charge in [0.1, 0.15) is 0 Å². The maximum absolute atomic E-state index is 11.4. The van der Waals surface area contributed by atoms with E-state index in [0.717, 1.165) is 5.56 Å². The van der Waals surface area contributed by atoms with Gasteiger partial charge in [-0.05, 0) is 11.6 Å². The number of benzene rings is 1. The van der Waals surface area contributed by atoms with Crippen LogP contribution in [0.2, 0.25) is 0 Å². The number of ether oxygens (including phenoxy) is 2. The van der Waals surface area contributed by atoms with Crippen LogP contribution in [0.1, 0.15) is 19.4 Å². The van der Waals surface area contributed by atoms with Crippen molar-refractivity contribution in [3.63, 3.8) is 0 Å². The predicted molar refractivity (Wildman–Crippen MR) is 55.7 cm³/mol. The van der Waals surface area contributed by atoms with Crippen LogP contribution >= 0.6 is 0 Å². The van der Waals surface area contributed by atoms with Crippen LogP contribution in [-0.2, 0) is 14.3 Å². The highest BCUT2D eigenvalue weighted by Gasteiger charge is 2.37. The Morgan fingerprint density at radius 1 is 1.13 bits per heavy atom. The number of hydrogen-bond acceptors (Lipinski definition) is 3. The average molecular weight is 204 g/mol. The van der Waals surface area contributed by atoms with Gasteiger partial charge in [-0.3, -0.25) is 0 Å². The molecular weight excluding hydrogens is 192 g/mol. The van der Waals surface area contributed by atoms with Gasteiger partial charge in [0, 0.05) is 13.8 Å². The molecule has 3 heteroatoms. The Hall–Kier alpha value is -1.77. The van der Waals surface area contributed by atoms with Crippen molar-refractivity contribution in [2.75, 3.05) is 0 Å². The molecule has 1 saturated heterocycles. The fourth-order valence-corrected chi connectivity index (χ4v) is 1.39. The summed E-state index contributed by atoms with van der Waals surface area (Å²) in [6.45, 7) is 3.41. The zero-order valence-corrected chi connectivity index (χ0v) is 8.69. The molecule has 1 fully saturated rings. The number of rotatable bonds is 1. The number of carbonyl (C=O) groups excluding carboxylic acids is 1. The Balaban J connectivity index is 2.26. The highest BCUT2D eigenvalue weighted by Crippen LogP contribution is 2.27. The van der Waals surface area contributed by atoms with Crippen LogP contribution in [-0.4, -0.2) is 11.8 Å². The van der Waals surface area contributed by atoms with Gasteiger partial charge in [-0.15, -0.1) is 0 Å². The van der Waals surface area contributed by atoms with Gasteiger partial charge < -0.3 is 9.47 Å². The first kappa shape index (κ1) is 9.77. The molecule has 3 nitrogen and oxygen atoms in total. The molecule has 0 bridgehead atoms. The molecule has 0 atom stereocenters. The van der Waals surface area contributed by atoms with E-state index in [2.05, 4.69) is 0 Å². The Kier molecular flexibility index (Phi) is 2.23. The molecule has 1 aliphatic heterocycles. The molecule has 0 aromatic heterocycles. The van der Waals surface area contributed by atoms with Gasteiger partial charge in [-0.25, -0.2) is 4.79 Å². The Morgan fingerprint density at radius 3 is 2.33 bits per heavy atom. The van der Waals surface area contributed by atoms with Gasteiger partial charge in [0.25, 0.3) is 0 Å². The summed E-state index contributed by atoms with van der Waals surface area (Å²) in [4.78, 5) is 11.4. The molecule has 0 radical (unpaired) electrons. The highest BCUT2D eigenvalue weighted by molar-refractivity contribution is 5.93. The Bertz CT molecular complexity index is 404. The Labute approximate surface area is 88.3 Å². The van der Waals surface area contributed by atoms with Crippen molar-refractivity contribution in [2.24, 2.45) is 0 Å². The minimum Gasteiger partial charge on any atom is -0.445 e. The summed E-state index contributed by atoms with van der Waals surface area (Å²) < 4.78 is 10.4. The third kappa shape index (κ3) is 2.18. The minimum atomic E-state index is -0.850. The number of hydrogen-bond donors (Lipinski definition) is 0. The molecular formula is C12H12O3. The molecule has 2 rings (SSSR count). The molecule has 1 aromatic carbocycles. The zero-order chi connectivity index (χ0) is 10.9. The van der Waals surface area contributed by atoms with Crippen LogP contribution in [0.25, 0.3) is 6.08 Å². The lowest BCUT2D eigenvalue weighted by atomic mass is 10.2. The molecule has 1 heterocycles. The fourth-order valence-electron chi connectivity index (χ4n) is 1.39. The maximum Gasteiger partial charge on any atom is 0.377 e. The summed E-state index contributed by atoms with van der Waals surface area (Å²) in [5, 5.41) is 0. The van der Waals surface area contributed by atoms with E-state index < -0.39 is 11.8 Å². The summed E-state index contributed by atoms with van der Waals surface area (Å²) in [7, 11) is 0. The molecule has 0 saturated carbocycles. The summed E-state index contributed by atoms with van der Waals surface area (Å²) in [5.41, 5.74) is 0.919. The van der Waals surface area contributed by atoms with Gasteiger partial charge >= 0.3 is 5.97 Å². The normalized spacial score (nSPS) is 21.2. The van der Waals surface area contributed by atoms with Crippen LogP contribution in [0.3, 0.4) is 0 Å². The van der Waals surface area contributed by atoms with E-state index in [1.54, 1.807) is 19.9 Å². The van der Waals surface area contributed by atoms with Crippen LogP contribution in [0.5, 0.6) is 0 Å². The van der Waals surface area contributed by atoms with Gasteiger partial charge in [-0.2, -0.15) is 0 Å². The van der Waals surface area contributed by atoms with Crippen molar-refractivity contribution < 1.29 is 14.3 Å². The molecule has 0 aliphatic carbocycles. The third-order valence-electron chi connectivity index (χ3n) is 1.99. The van der Waals surface area contributed by atoms with Crippen molar-refractivity contribution in [3.05, 3.63) is 41.7 Å². The largest absolute Gasteiger partial charge is 0.445 e. The molecule has 15 heavy (non-hydrogen) atoms. The van der Waals surface area contributed by atoms with E-state index in [9.17, 15) is 4.79 Å². The van der Waals surface area contributed by atoms with Gasteiger partial charge in [-0.1, -0.05) is 30.3 Å². The zero-order valence-electron chi connectivity index (χ0n) is 8.69. The average Bonchev–Trinajstić information content (AvgIpc) is 2.41. The van der Waals surface area contributed by atoms with Crippen LogP contribution in [0.15, 0.2) is 36.1 Å². The quantitative estimate of drug-likeness (QED) is 0.520. The minimum absolute atomic E-state index is 0.256. The molecule has 1 aromatic rings. The van der Waals surface area contributed by atoms with Crippen LogP contribution in [0.4, 0.5) is 0 Å². The second-order valence-corrected chi connectivity index (χ2v) is 3.81. The molecule has 78 valence electrons. The lowest BCUT2D eigenvalue weighted by Crippen LogP contribution is -2.19. The van der Waals surface area contributed by atoms with Crippen molar-refractivity contribution in [1.29, 1.82) is 0 Å². The first-order chi connectivity index (χ1) is 7.07. The van der Waals surface area contributed by atoms with Crippen LogP contribution in [0, 0.1) is 0 Å². The first-order valence-corrected chi connectivity index (χ1v) is 4.76. The summed E-state index contributed by atoms with van der Waals surface area (Å²) in [6, 6.07) is 9.51. The number of cyclic esters (lactones) is 1. The maximum atomic E-state index is 11.4. The smallest absolute Gasteiger partial charge is 0.377 e. The first-order valence-electron chi connectivity index (χ1n) is 4.76. The second kappa shape index (κ2) is 3.42. The van der Waals surface area contributed by atoms with Crippen molar-refractivity contribution in [3.8, 4) is 0 Å². The molecule has 0 unspecified atom stereocenters. The predicted octanol–water partition coefficient (Wildman–Crippen LogP) is 2.34. The lowest BCUT2D eigenvalue weighted by Gasteiger charge is -2.13. The number of carbonyl (C=O) groups is 1. The topological polar surface area (TPSA) is 35.5 Å². The lowest BCUT2D eigenvalue weighted by molar-refractivity contribution is -0.159. The third-order valence-corrected chi connectivity index (χ3v) is 1.99. The van der Waals surface area contributed by atoms with Crippen molar-refractivity contribution >= 4 is 12.0 Å². The molecule has 0 N–H and O–H groups in total. The van der Waals surface area contributed by atoms with Gasteiger partial charge in [0.05, 0.1) is 0 Å². The summed E-state index contributed by atoms with van der Waals surface area (Å²) >= 11 is 0. The highest BCUT2D eigenvalue weighted by atomic mass is 16.8. The standard InChI is InChI=1S/C12H12O3/c1-12(2)14-10(11(13)15-12)8-9-6-4-3-5-7-9/h3-8H,1-2H3. The van der Waals surface area contributed by atoms with Gasteiger partial charge in [0.2, 0.25) is 11.5 Å². The van der Waals surface area contributed by atoms with E-state index in [0.29, 0.717) is 0 Å². The fraction of sp³-hybridized carbons (Fsp3) is 0.250. The molecule has 0 amide bonds. The van der Waals surface area contributed by atoms with E-state index in [4.69, 9.17) is 9.47 Å². The SMILES string of the molecule is CC1(C)OC(=O)C(=Cc2ccccc2)O1. The number of esters is 1. The van der Waals surface area contributed by atoms with Crippen LogP contribution < -0.4 is 0 Å². The summed E-state index contributed by atoms with van der Waals surface area (Å²) in [5.74, 6) is -1.01. The van der Waals surface area contributed by atoms with E-state index >= 15 is 0 Å².